The summed E-state index contributed by atoms with van der Waals surface area (Å²) >= 11 is 0. The van der Waals surface area contributed by atoms with Crippen LogP contribution < -0.4 is 0 Å². The molecule has 0 aromatic carbocycles. The second-order valence-electron chi connectivity index (χ2n) is 3.32. The molecule has 0 amide bonds. The lowest BCUT2D eigenvalue weighted by Gasteiger charge is -1.94. The molecule has 0 saturated carbocycles. The van der Waals surface area contributed by atoms with Crippen LogP contribution in [0.3, 0.4) is 0 Å². The van der Waals surface area contributed by atoms with Gasteiger partial charge in [-0.15, -0.1) is 0 Å². The number of carbonyl (C=O) groups excluding carboxylic acids is 3. The molecule has 22 heavy (non-hydrogen) atoms. The van der Waals surface area contributed by atoms with Gasteiger partial charge < -0.3 is 19.3 Å². The molecule has 0 aliphatic heterocycles. The quantitative estimate of drug-likeness (QED) is 0.446. The lowest BCUT2D eigenvalue weighted by atomic mass is 10.4. The average Bonchev–Trinajstić information content (AvgIpc) is 2.52. The third kappa shape index (κ3) is 22.7. The van der Waals surface area contributed by atoms with E-state index < -0.39 is 5.97 Å². The summed E-state index contributed by atoms with van der Waals surface area (Å²) in [5.41, 5.74) is 0.433. The number of rotatable bonds is 6. The third-order valence-corrected chi connectivity index (χ3v) is 1.49. The fourth-order valence-corrected chi connectivity index (χ4v) is 0.581. The topological polar surface area (TPSA) is 99.1 Å². The van der Waals surface area contributed by atoms with E-state index in [0.29, 0.717) is 12.2 Å². The van der Waals surface area contributed by atoms with Crippen molar-refractivity contribution < 1.29 is 33.7 Å². The van der Waals surface area contributed by atoms with Crippen LogP contribution in [0.1, 0.15) is 13.8 Å². The molecule has 0 fully saturated rings. The molecule has 0 atom stereocenters. The van der Waals surface area contributed by atoms with E-state index in [-0.39, 0.29) is 25.2 Å². The van der Waals surface area contributed by atoms with Gasteiger partial charge in [0.05, 0.1) is 20.3 Å². The van der Waals surface area contributed by atoms with E-state index in [1.807, 2.05) is 0 Å². The van der Waals surface area contributed by atoms with Crippen LogP contribution in [0.4, 0.5) is 0 Å². The maximum Gasteiger partial charge on any atom is 0.332 e. The Hall–Kier alpha value is -2.41. The number of ether oxygens (including phenoxy) is 3. The van der Waals surface area contributed by atoms with Gasteiger partial charge in [-0.1, -0.05) is 19.7 Å². The molecule has 1 N–H and O–H groups in total. The first-order valence-electron chi connectivity index (χ1n) is 6.23. The number of carbonyl (C=O) groups is 3. The summed E-state index contributed by atoms with van der Waals surface area (Å²) in [5.74, 6) is -1.21. The minimum atomic E-state index is -0.501. The number of esters is 3. The van der Waals surface area contributed by atoms with Gasteiger partial charge in [0, 0.05) is 17.7 Å². The van der Waals surface area contributed by atoms with E-state index in [9.17, 15) is 14.4 Å². The second-order valence-corrected chi connectivity index (χ2v) is 3.32. The molecule has 0 radical (unpaired) electrons. The highest BCUT2D eigenvalue weighted by molar-refractivity contribution is 5.86. The summed E-state index contributed by atoms with van der Waals surface area (Å²) in [5, 5.41) is 8.10. The van der Waals surface area contributed by atoms with Gasteiger partial charge in [-0.25, -0.2) is 14.4 Å². The van der Waals surface area contributed by atoms with Crippen molar-refractivity contribution in [3.63, 3.8) is 0 Å². The Labute approximate surface area is 130 Å². The van der Waals surface area contributed by atoms with Crippen LogP contribution in [0.25, 0.3) is 0 Å². The van der Waals surface area contributed by atoms with Crippen molar-refractivity contribution >= 4 is 17.9 Å². The van der Waals surface area contributed by atoms with Crippen LogP contribution in [0.5, 0.6) is 0 Å². The maximum absolute atomic E-state index is 10.2. The molecule has 0 aliphatic rings. The number of methoxy groups -OCH3 is 1. The minimum absolute atomic E-state index is 0.0465. The van der Waals surface area contributed by atoms with Crippen LogP contribution in [0, 0.1) is 0 Å². The first-order valence-corrected chi connectivity index (χ1v) is 6.23. The molecule has 0 saturated heterocycles. The van der Waals surface area contributed by atoms with E-state index in [1.54, 1.807) is 13.8 Å². The van der Waals surface area contributed by atoms with Crippen molar-refractivity contribution in [3.8, 4) is 0 Å². The number of aliphatic hydroxyl groups is 1. The van der Waals surface area contributed by atoms with Gasteiger partial charge in [-0.2, -0.15) is 0 Å². The normalized spacial score (nSPS) is 7.82. The standard InChI is InChI=1S/C5H8O3.2C5H8O2/c1-2-5(7)8-4-3-6;1-4(2)5(6)7-3;1-3-5(6)7-4-2/h2,6H,1,3-4H2;1H2,2-3H3;3H,1,4H2,2H3. The highest BCUT2D eigenvalue weighted by atomic mass is 16.5. The summed E-state index contributed by atoms with van der Waals surface area (Å²) in [6.07, 6.45) is 2.19. The van der Waals surface area contributed by atoms with E-state index >= 15 is 0 Å². The Morgan fingerprint density at radius 1 is 1.09 bits per heavy atom. The van der Waals surface area contributed by atoms with E-state index in [0.717, 1.165) is 12.2 Å². The Morgan fingerprint density at radius 3 is 1.73 bits per heavy atom. The molecule has 0 aliphatic carbocycles. The summed E-state index contributed by atoms with van der Waals surface area (Å²) in [4.78, 5) is 30.4. The molecule has 0 rings (SSSR count). The summed E-state index contributed by atoms with van der Waals surface area (Å²) in [6.45, 7) is 13.4. The van der Waals surface area contributed by atoms with Crippen molar-refractivity contribution in [2.24, 2.45) is 0 Å². The zero-order valence-corrected chi connectivity index (χ0v) is 13.3. The molecule has 0 spiro atoms. The predicted molar refractivity (Wildman–Crippen MR) is 81.9 cm³/mol. The Morgan fingerprint density at radius 2 is 1.55 bits per heavy atom. The molecular formula is C15H24O7. The zero-order valence-electron chi connectivity index (χ0n) is 13.3. The number of hydrogen-bond acceptors (Lipinski definition) is 7. The SMILES string of the molecule is C=C(C)C(=O)OC.C=CC(=O)OCC.C=CC(=O)OCCO. The third-order valence-electron chi connectivity index (χ3n) is 1.49. The van der Waals surface area contributed by atoms with Crippen molar-refractivity contribution in [3.05, 3.63) is 37.5 Å². The van der Waals surface area contributed by atoms with Gasteiger partial charge in [0.2, 0.25) is 0 Å². The second kappa shape index (κ2) is 18.6. The van der Waals surface area contributed by atoms with Gasteiger partial charge >= 0.3 is 17.9 Å². The zero-order chi connectivity index (χ0) is 18.0. The smallest absolute Gasteiger partial charge is 0.332 e. The molecule has 7 heteroatoms. The van der Waals surface area contributed by atoms with E-state index in [1.165, 1.54) is 7.11 Å². The van der Waals surface area contributed by atoms with Gasteiger partial charge in [0.25, 0.3) is 0 Å². The van der Waals surface area contributed by atoms with Gasteiger partial charge in [0.1, 0.15) is 6.61 Å². The van der Waals surface area contributed by atoms with Crippen LogP contribution >= 0.6 is 0 Å². The summed E-state index contributed by atoms with van der Waals surface area (Å²) < 4.78 is 13.0. The Bertz CT molecular complexity index is 370. The molecule has 0 heterocycles. The Balaban J connectivity index is -0.000000247. The first kappa shape index (κ1) is 24.6. The fourth-order valence-electron chi connectivity index (χ4n) is 0.581. The van der Waals surface area contributed by atoms with Crippen molar-refractivity contribution in [2.45, 2.75) is 13.8 Å². The van der Waals surface area contributed by atoms with Gasteiger partial charge in [-0.05, 0) is 13.8 Å². The first-order chi connectivity index (χ1) is 10.3. The molecule has 126 valence electrons. The maximum atomic E-state index is 10.2. The molecule has 7 nitrogen and oxygen atoms in total. The molecular weight excluding hydrogens is 292 g/mol. The fraction of sp³-hybridized carbons (Fsp3) is 0.400. The summed E-state index contributed by atoms with van der Waals surface area (Å²) in [6, 6.07) is 0. The largest absolute Gasteiger partial charge is 0.466 e. The molecule has 0 aromatic heterocycles. The van der Waals surface area contributed by atoms with Gasteiger partial charge in [0.15, 0.2) is 0 Å². The molecule has 0 unspecified atom stereocenters. The Kier molecular flexibility index (Phi) is 20.8. The highest BCUT2D eigenvalue weighted by Crippen LogP contribution is 1.87. The van der Waals surface area contributed by atoms with Gasteiger partial charge in [-0.3, -0.25) is 0 Å². The van der Waals surface area contributed by atoms with Crippen molar-refractivity contribution in [1.29, 1.82) is 0 Å². The highest BCUT2D eigenvalue weighted by Gasteiger charge is 1.95. The van der Waals surface area contributed by atoms with E-state index in [2.05, 4.69) is 33.9 Å². The minimum Gasteiger partial charge on any atom is -0.466 e. The van der Waals surface area contributed by atoms with Crippen LogP contribution in [0.15, 0.2) is 37.5 Å². The monoisotopic (exact) mass is 316 g/mol. The molecule has 0 aromatic rings. The van der Waals surface area contributed by atoms with Crippen molar-refractivity contribution in [1.82, 2.24) is 0 Å². The average molecular weight is 316 g/mol. The lowest BCUT2D eigenvalue weighted by Crippen LogP contribution is -2.04. The van der Waals surface area contributed by atoms with Crippen LogP contribution in [-0.2, 0) is 28.6 Å². The number of aliphatic hydroxyl groups excluding tert-OH is 1. The lowest BCUT2D eigenvalue weighted by molar-refractivity contribution is -0.139. The summed E-state index contributed by atoms with van der Waals surface area (Å²) in [7, 11) is 1.33. The van der Waals surface area contributed by atoms with E-state index in [4.69, 9.17) is 5.11 Å². The van der Waals surface area contributed by atoms with Crippen LogP contribution in [0.2, 0.25) is 0 Å². The van der Waals surface area contributed by atoms with Crippen LogP contribution in [-0.4, -0.2) is 49.9 Å². The van der Waals surface area contributed by atoms with Crippen molar-refractivity contribution in [2.75, 3.05) is 26.9 Å². The predicted octanol–water partition coefficient (Wildman–Crippen LogP) is 1.18. The molecule has 0 bridgehead atoms. The number of hydrogen-bond donors (Lipinski definition) is 1.